The van der Waals surface area contributed by atoms with Crippen molar-refractivity contribution in [3.63, 3.8) is 0 Å². The molecule has 0 spiro atoms. The lowest BCUT2D eigenvalue weighted by atomic mass is 9.97. The summed E-state index contributed by atoms with van der Waals surface area (Å²) < 4.78 is 32.9. The van der Waals surface area contributed by atoms with E-state index in [0.29, 0.717) is 48.0 Å². The number of hydrogen-bond acceptors (Lipinski definition) is 6. The van der Waals surface area contributed by atoms with Crippen molar-refractivity contribution in [1.29, 1.82) is 0 Å². The first kappa shape index (κ1) is 25.9. The molecule has 1 amide bonds. The number of benzene rings is 2. The number of sulfonamides is 1. The largest absolute Gasteiger partial charge is 0.492 e. The number of aromatic nitrogens is 2. The molecule has 2 N–H and O–H groups in total. The highest BCUT2D eigenvalue weighted by molar-refractivity contribution is 7.89. The second-order valence-corrected chi connectivity index (χ2v) is 10.9. The van der Waals surface area contributed by atoms with E-state index < -0.39 is 10.0 Å². The lowest BCUT2D eigenvalue weighted by Crippen LogP contribution is -2.41. The minimum atomic E-state index is -3.74. The average molecular weight is 531 g/mol. The molecule has 11 heteroatoms. The number of aryl methyl sites for hydroxylation is 1. The van der Waals surface area contributed by atoms with Gasteiger partial charge in [0.05, 0.1) is 16.5 Å². The fourth-order valence-corrected chi connectivity index (χ4v) is 5.92. The van der Waals surface area contributed by atoms with E-state index in [1.165, 1.54) is 22.5 Å². The van der Waals surface area contributed by atoms with Gasteiger partial charge in [-0.1, -0.05) is 23.7 Å². The van der Waals surface area contributed by atoms with Crippen LogP contribution in [-0.4, -0.2) is 48.3 Å². The molecule has 1 aromatic heterocycles. The third-order valence-electron chi connectivity index (χ3n) is 5.94. The van der Waals surface area contributed by atoms with E-state index in [-0.39, 0.29) is 40.4 Å². The van der Waals surface area contributed by atoms with Crippen LogP contribution in [0.2, 0.25) is 5.02 Å². The van der Waals surface area contributed by atoms with Gasteiger partial charge in [0.1, 0.15) is 11.6 Å². The number of rotatable bonds is 7. The van der Waals surface area contributed by atoms with Gasteiger partial charge in [0.15, 0.2) is 0 Å². The van der Waals surface area contributed by atoms with E-state index in [0.717, 1.165) is 0 Å². The Morgan fingerprint density at radius 3 is 2.61 bits per heavy atom. The predicted molar refractivity (Wildman–Crippen MR) is 138 cm³/mol. The summed E-state index contributed by atoms with van der Waals surface area (Å²) in [5.41, 5.74) is 1.59. The van der Waals surface area contributed by atoms with Gasteiger partial charge in [-0.2, -0.15) is 4.31 Å². The summed E-state index contributed by atoms with van der Waals surface area (Å²) >= 11 is 6.18. The first-order chi connectivity index (χ1) is 17.2. The molecular weight excluding hydrogens is 504 g/mol. The molecule has 1 aliphatic heterocycles. The Labute approximate surface area is 214 Å². The van der Waals surface area contributed by atoms with Crippen LogP contribution in [0.3, 0.4) is 0 Å². The van der Waals surface area contributed by atoms with Crippen LogP contribution >= 0.6 is 11.6 Å². The van der Waals surface area contributed by atoms with Gasteiger partial charge < -0.3 is 15.0 Å². The summed E-state index contributed by atoms with van der Waals surface area (Å²) in [4.78, 5) is 31.8. The number of carbonyl (C=O) groups is 1. The van der Waals surface area contributed by atoms with Gasteiger partial charge in [-0.15, -0.1) is 0 Å². The standard InChI is InChI=1S/C25H27ClN4O5S/c1-3-35-22-8-7-20(15-21(22)26)36(33,34)30-11-9-17(10-12-30)25(32)28-19-6-4-5-18(14-19)24-27-16(2)13-23(31)29-24/h4-8,13-15,17H,3,9-12H2,1-2H3,(H,28,32)(H,27,29,31). The number of ether oxygens (including phenoxy) is 1. The molecule has 36 heavy (non-hydrogen) atoms. The summed E-state index contributed by atoms with van der Waals surface area (Å²) in [5.74, 6) is 0.339. The molecule has 9 nitrogen and oxygen atoms in total. The molecule has 190 valence electrons. The molecule has 0 radical (unpaired) electrons. The number of H-pyrrole nitrogens is 1. The maximum atomic E-state index is 13.1. The van der Waals surface area contributed by atoms with Crippen LogP contribution in [0.5, 0.6) is 5.75 Å². The Bertz CT molecular complexity index is 1430. The molecule has 4 rings (SSSR count). The van der Waals surface area contributed by atoms with Crippen molar-refractivity contribution in [2.24, 2.45) is 5.92 Å². The van der Waals surface area contributed by atoms with E-state index in [2.05, 4.69) is 15.3 Å². The highest BCUT2D eigenvalue weighted by atomic mass is 35.5. The number of piperidine rings is 1. The minimum absolute atomic E-state index is 0.0958. The monoisotopic (exact) mass is 530 g/mol. The van der Waals surface area contributed by atoms with E-state index in [1.807, 2.05) is 6.92 Å². The molecule has 1 aliphatic rings. The van der Waals surface area contributed by atoms with Gasteiger partial charge in [0.2, 0.25) is 15.9 Å². The first-order valence-electron chi connectivity index (χ1n) is 11.6. The van der Waals surface area contributed by atoms with Gasteiger partial charge in [0.25, 0.3) is 5.56 Å². The fraction of sp³-hybridized carbons (Fsp3) is 0.320. The zero-order chi connectivity index (χ0) is 25.9. The van der Waals surface area contributed by atoms with E-state index in [4.69, 9.17) is 16.3 Å². The minimum Gasteiger partial charge on any atom is -0.492 e. The van der Waals surface area contributed by atoms with Crippen LogP contribution in [0.25, 0.3) is 11.4 Å². The molecule has 2 aromatic carbocycles. The number of carbonyl (C=O) groups excluding carboxylic acids is 1. The van der Waals surface area contributed by atoms with Crippen molar-refractivity contribution in [2.45, 2.75) is 31.6 Å². The number of halogens is 1. The maximum Gasteiger partial charge on any atom is 0.251 e. The topological polar surface area (TPSA) is 121 Å². The quantitative estimate of drug-likeness (QED) is 0.478. The number of hydrogen-bond donors (Lipinski definition) is 2. The summed E-state index contributed by atoms with van der Waals surface area (Å²) in [6.45, 7) is 4.43. The van der Waals surface area contributed by atoms with Crippen LogP contribution in [0, 0.1) is 12.8 Å². The smallest absolute Gasteiger partial charge is 0.251 e. The molecule has 1 fully saturated rings. The molecule has 2 heterocycles. The Kier molecular flexibility index (Phi) is 7.77. The fourth-order valence-electron chi connectivity index (χ4n) is 4.13. The molecule has 0 aliphatic carbocycles. The summed E-state index contributed by atoms with van der Waals surface area (Å²) in [6, 6.07) is 12.9. The summed E-state index contributed by atoms with van der Waals surface area (Å²) in [7, 11) is -3.74. The Hall–Kier alpha value is -3.21. The van der Waals surface area contributed by atoms with Gasteiger partial charge >= 0.3 is 0 Å². The highest BCUT2D eigenvalue weighted by Crippen LogP contribution is 2.31. The zero-order valence-corrected chi connectivity index (χ0v) is 21.5. The lowest BCUT2D eigenvalue weighted by molar-refractivity contribution is -0.120. The van der Waals surface area contributed by atoms with E-state index in [9.17, 15) is 18.0 Å². The lowest BCUT2D eigenvalue weighted by Gasteiger charge is -2.30. The predicted octanol–water partition coefficient (Wildman–Crippen LogP) is 3.84. The van der Waals surface area contributed by atoms with Crippen molar-refractivity contribution in [3.05, 3.63) is 69.6 Å². The maximum absolute atomic E-state index is 13.1. The van der Waals surface area contributed by atoms with Crippen molar-refractivity contribution in [2.75, 3.05) is 25.0 Å². The third kappa shape index (κ3) is 5.77. The summed E-state index contributed by atoms with van der Waals surface area (Å²) in [6.07, 6.45) is 0.782. The number of anilines is 1. The summed E-state index contributed by atoms with van der Waals surface area (Å²) in [5, 5.41) is 3.14. The number of aromatic amines is 1. The van der Waals surface area contributed by atoms with Crippen molar-refractivity contribution >= 4 is 33.2 Å². The van der Waals surface area contributed by atoms with E-state index >= 15 is 0 Å². The van der Waals surface area contributed by atoms with Crippen molar-refractivity contribution in [1.82, 2.24) is 14.3 Å². The van der Waals surface area contributed by atoms with Crippen molar-refractivity contribution < 1.29 is 17.9 Å². The Balaban J connectivity index is 1.40. The van der Waals surface area contributed by atoms with Gasteiger partial charge in [-0.05, 0) is 57.0 Å². The molecular formula is C25H27ClN4O5S. The molecule has 0 bridgehead atoms. The van der Waals surface area contributed by atoms with Crippen LogP contribution in [0.4, 0.5) is 5.69 Å². The van der Waals surface area contributed by atoms with Crippen LogP contribution in [0.15, 0.2) is 58.2 Å². The average Bonchev–Trinajstić information content (AvgIpc) is 2.85. The normalized spacial score (nSPS) is 15.0. The van der Waals surface area contributed by atoms with Crippen molar-refractivity contribution in [3.8, 4) is 17.1 Å². The highest BCUT2D eigenvalue weighted by Gasteiger charge is 2.32. The molecule has 3 aromatic rings. The van der Waals surface area contributed by atoms with Gasteiger partial charge in [0, 0.05) is 42.0 Å². The Morgan fingerprint density at radius 1 is 1.19 bits per heavy atom. The SMILES string of the molecule is CCOc1ccc(S(=O)(=O)N2CCC(C(=O)Nc3cccc(-c4nc(C)cc(=O)[nH]4)c3)CC2)cc1Cl. The van der Waals surface area contributed by atoms with Crippen LogP contribution in [-0.2, 0) is 14.8 Å². The van der Waals surface area contributed by atoms with Crippen LogP contribution < -0.4 is 15.6 Å². The van der Waals surface area contributed by atoms with E-state index in [1.54, 1.807) is 37.3 Å². The van der Waals surface area contributed by atoms with Crippen LogP contribution in [0.1, 0.15) is 25.5 Å². The molecule has 1 saturated heterocycles. The van der Waals surface area contributed by atoms with Gasteiger partial charge in [-0.3, -0.25) is 9.59 Å². The molecule has 0 atom stereocenters. The Morgan fingerprint density at radius 2 is 1.94 bits per heavy atom. The van der Waals surface area contributed by atoms with Gasteiger partial charge in [-0.25, -0.2) is 13.4 Å². The number of nitrogens with one attached hydrogen (secondary N) is 2. The number of nitrogens with zero attached hydrogens (tertiary/aromatic N) is 2. The number of amides is 1. The second kappa shape index (κ2) is 10.8. The third-order valence-corrected chi connectivity index (χ3v) is 8.13. The second-order valence-electron chi connectivity index (χ2n) is 8.51. The molecule has 0 saturated carbocycles. The molecule has 0 unspecified atom stereocenters. The zero-order valence-electron chi connectivity index (χ0n) is 20.0. The first-order valence-corrected chi connectivity index (χ1v) is 13.4.